The molecule has 2 heterocycles. The molecule has 1 aromatic rings. The number of anilines is 1. The summed E-state index contributed by atoms with van der Waals surface area (Å²) in [5, 5.41) is 3.12. The summed E-state index contributed by atoms with van der Waals surface area (Å²) >= 11 is 1.67. The van der Waals surface area contributed by atoms with Gasteiger partial charge in [0.05, 0.1) is 5.69 Å². The molecule has 1 amide bonds. The Labute approximate surface area is 118 Å². The molecule has 1 fully saturated rings. The van der Waals surface area contributed by atoms with Crippen molar-refractivity contribution in [3.05, 3.63) is 11.1 Å². The summed E-state index contributed by atoms with van der Waals surface area (Å²) in [6, 6.07) is 0. The number of aryl methyl sites for hydroxylation is 1. The number of aromatic nitrogens is 1. The van der Waals surface area contributed by atoms with Gasteiger partial charge in [-0.15, -0.1) is 11.3 Å². The third-order valence-corrected chi connectivity index (χ3v) is 4.42. The Morgan fingerprint density at radius 1 is 1.47 bits per heavy atom. The number of carbonyl (C=O) groups is 1. The van der Waals surface area contributed by atoms with Gasteiger partial charge < -0.3 is 14.5 Å². The number of methoxy groups -OCH3 is 1. The number of hydrogen-bond acceptors (Lipinski definition) is 5. The van der Waals surface area contributed by atoms with Gasteiger partial charge in [-0.3, -0.25) is 4.79 Å². The standard InChI is InChI=1S/C13H21N3O2S/c1-4-11(18-3)12(17)15-5-7-16(8-6-15)13-14-10(2)9-19-13/h9,11H,4-8H2,1-3H3. The molecule has 1 aromatic heterocycles. The number of nitrogens with zero attached hydrogens (tertiary/aromatic N) is 3. The average Bonchev–Trinajstić information content (AvgIpc) is 2.87. The number of piperazine rings is 1. The van der Waals surface area contributed by atoms with Crippen molar-refractivity contribution in [1.29, 1.82) is 0 Å². The first kappa shape index (κ1) is 14.3. The number of hydrogen-bond donors (Lipinski definition) is 0. The van der Waals surface area contributed by atoms with Crippen LogP contribution in [0.5, 0.6) is 0 Å². The predicted octanol–water partition coefficient (Wildman–Crippen LogP) is 1.53. The Kier molecular flexibility index (Phi) is 4.76. The fraction of sp³-hybridized carbons (Fsp3) is 0.692. The molecule has 19 heavy (non-hydrogen) atoms. The molecule has 106 valence electrons. The quantitative estimate of drug-likeness (QED) is 0.840. The minimum Gasteiger partial charge on any atom is -0.372 e. The van der Waals surface area contributed by atoms with Crippen LogP contribution >= 0.6 is 11.3 Å². The number of ether oxygens (including phenoxy) is 1. The van der Waals surface area contributed by atoms with Gasteiger partial charge in [0.2, 0.25) is 0 Å². The molecule has 0 aromatic carbocycles. The zero-order chi connectivity index (χ0) is 13.8. The van der Waals surface area contributed by atoms with Crippen molar-refractivity contribution in [2.75, 3.05) is 38.2 Å². The zero-order valence-electron chi connectivity index (χ0n) is 11.8. The minimum atomic E-state index is -0.298. The van der Waals surface area contributed by atoms with Crippen molar-refractivity contribution < 1.29 is 9.53 Å². The van der Waals surface area contributed by atoms with E-state index in [1.807, 2.05) is 18.7 Å². The fourth-order valence-electron chi connectivity index (χ4n) is 2.25. The molecule has 1 atom stereocenters. The summed E-state index contributed by atoms with van der Waals surface area (Å²) in [5.74, 6) is 0.111. The summed E-state index contributed by atoms with van der Waals surface area (Å²) in [6.45, 7) is 7.16. The van der Waals surface area contributed by atoms with E-state index in [4.69, 9.17) is 4.74 Å². The Hall–Kier alpha value is -1.14. The minimum absolute atomic E-state index is 0.111. The van der Waals surface area contributed by atoms with Gasteiger partial charge in [0, 0.05) is 38.7 Å². The highest BCUT2D eigenvalue weighted by Gasteiger charge is 2.27. The third-order valence-electron chi connectivity index (χ3n) is 3.40. The SMILES string of the molecule is CCC(OC)C(=O)N1CCN(c2nc(C)cs2)CC1. The van der Waals surface area contributed by atoms with Crippen molar-refractivity contribution in [3.63, 3.8) is 0 Å². The number of thiazole rings is 1. The van der Waals surface area contributed by atoms with Gasteiger partial charge in [0.25, 0.3) is 5.91 Å². The van der Waals surface area contributed by atoms with E-state index in [0.29, 0.717) is 0 Å². The zero-order valence-corrected chi connectivity index (χ0v) is 12.6. The van der Waals surface area contributed by atoms with E-state index < -0.39 is 0 Å². The maximum Gasteiger partial charge on any atom is 0.251 e. The molecule has 2 rings (SSSR count). The van der Waals surface area contributed by atoms with E-state index in [1.165, 1.54) is 0 Å². The summed E-state index contributed by atoms with van der Waals surface area (Å²) in [4.78, 5) is 20.8. The second kappa shape index (κ2) is 6.34. The van der Waals surface area contributed by atoms with E-state index >= 15 is 0 Å². The van der Waals surface area contributed by atoms with Gasteiger partial charge in [0.15, 0.2) is 5.13 Å². The van der Waals surface area contributed by atoms with Crippen LogP contribution in [0.25, 0.3) is 0 Å². The van der Waals surface area contributed by atoms with Gasteiger partial charge in [0.1, 0.15) is 6.10 Å². The fourth-order valence-corrected chi connectivity index (χ4v) is 3.11. The van der Waals surface area contributed by atoms with Crippen LogP contribution in [0.15, 0.2) is 5.38 Å². The third kappa shape index (κ3) is 3.25. The summed E-state index contributed by atoms with van der Waals surface area (Å²) < 4.78 is 5.21. The number of amides is 1. The maximum atomic E-state index is 12.2. The summed E-state index contributed by atoms with van der Waals surface area (Å²) in [7, 11) is 1.60. The Bertz CT molecular complexity index is 423. The molecule has 6 heteroatoms. The molecule has 0 bridgehead atoms. The lowest BCUT2D eigenvalue weighted by Crippen LogP contribution is -2.51. The lowest BCUT2D eigenvalue weighted by Gasteiger charge is -2.35. The van der Waals surface area contributed by atoms with Crippen molar-refractivity contribution in [2.45, 2.75) is 26.4 Å². The highest BCUT2D eigenvalue weighted by molar-refractivity contribution is 7.13. The van der Waals surface area contributed by atoms with E-state index in [1.54, 1.807) is 18.4 Å². The van der Waals surface area contributed by atoms with E-state index in [9.17, 15) is 4.79 Å². The molecule has 1 unspecified atom stereocenters. The molecule has 1 aliphatic rings. The van der Waals surface area contributed by atoms with Crippen molar-refractivity contribution >= 4 is 22.4 Å². The predicted molar refractivity (Wildman–Crippen MR) is 76.7 cm³/mol. The monoisotopic (exact) mass is 283 g/mol. The molecule has 0 N–H and O–H groups in total. The highest BCUT2D eigenvalue weighted by Crippen LogP contribution is 2.21. The van der Waals surface area contributed by atoms with Crippen LogP contribution in [0, 0.1) is 6.92 Å². The van der Waals surface area contributed by atoms with Gasteiger partial charge in [-0.05, 0) is 13.3 Å². The average molecular weight is 283 g/mol. The molecule has 1 aliphatic heterocycles. The van der Waals surface area contributed by atoms with Crippen LogP contribution < -0.4 is 4.90 Å². The Morgan fingerprint density at radius 3 is 2.63 bits per heavy atom. The van der Waals surface area contributed by atoms with E-state index in [-0.39, 0.29) is 12.0 Å². The second-order valence-electron chi connectivity index (χ2n) is 4.72. The van der Waals surface area contributed by atoms with Crippen molar-refractivity contribution in [3.8, 4) is 0 Å². The Balaban J connectivity index is 1.90. The van der Waals surface area contributed by atoms with Crippen LogP contribution in [0.3, 0.4) is 0 Å². The number of carbonyl (C=O) groups excluding carboxylic acids is 1. The lowest BCUT2D eigenvalue weighted by atomic mass is 10.2. The molecule has 1 saturated heterocycles. The molecule has 5 nitrogen and oxygen atoms in total. The van der Waals surface area contributed by atoms with Crippen LogP contribution in [-0.4, -0.2) is 55.2 Å². The normalized spacial score (nSPS) is 17.6. The van der Waals surface area contributed by atoms with E-state index in [0.717, 1.165) is 43.4 Å². The van der Waals surface area contributed by atoms with Gasteiger partial charge in [-0.1, -0.05) is 6.92 Å². The molecule has 0 saturated carbocycles. The van der Waals surface area contributed by atoms with Crippen LogP contribution in [-0.2, 0) is 9.53 Å². The molecular formula is C13H21N3O2S. The maximum absolute atomic E-state index is 12.2. The molecule has 0 aliphatic carbocycles. The summed E-state index contributed by atoms with van der Waals surface area (Å²) in [5.41, 5.74) is 1.06. The van der Waals surface area contributed by atoms with Crippen molar-refractivity contribution in [2.24, 2.45) is 0 Å². The van der Waals surface area contributed by atoms with E-state index in [2.05, 4.69) is 15.3 Å². The first-order valence-electron chi connectivity index (χ1n) is 6.64. The van der Waals surface area contributed by atoms with Crippen LogP contribution in [0.1, 0.15) is 19.0 Å². The van der Waals surface area contributed by atoms with Crippen LogP contribution in [0.2, 0.25) is 0 Å². The van der Waals surface area contributed by atoms with Crippen molar-refractivity contribution in [1.82, 2.24) is 9.88 Å². The van der Waals surface area contributed by atoms with Gasteiger partial charge in [-0.25, -0.2) is 4.98 Å². The largest absolute Gasteiger partial charge is 0.372 e. The second-order valence-corrected chi connectivity index (χ2v) is 5.55. The first-order chi connectivity index (χ1) is 9.15. The van der Waals surface area contributed by atoms with Gasteiger partial charge >= 0.3 is 0 Å². The summed E-state index contributed by atoms with van der Waals surface area (Å²) in [6.07, 6.45) is 0.426. The van der Waals surface area contributed by atoms with Gasteiger partial charge in [-0.2, -0.15) is 0 Å². The number of rotatable bonds is 4. The molecule has 0 radical (unpaired) electrons. The topological polar surface area (TPSA) is 45.7 Å². The Morgan fingerprint density at radius 2 is 2.16 bits per heavy atom. The first-order valence-corrected chi connectivity index (χ1v) is 7.52. The van der Waals surface area contributed by atoms with Crippen LogP contribution in [0.4, 0.5) is 5.13 Å². The molecule has 0 spiro atoms. The highest BCUT2D eigenvalue weighted by atomic mass is 32.1. The smallest absolute Gasteiger partial charge is 0.251 e. The molecular weight excluding hydrogens is 262 g/mol. The lowest BCUT2D eigenvalue weighted by molar-refractivity contribution is -0.142.